The highest BCUT2D eigenvalue weighted by atomic mass is 79.9. The topological polar surface area (TPSA) is 0 Å². The van der Waals surface area contributed by atoms with Crippen molar-refractivity contribution in [2.45, 2.75) is 17.7 Å². The molecule has 0 saturated heterocycles. The fourth-order valence-corrected chi connectivity index (χ4v) is 3.46. The van der Waals surface area contributed by atoms with Crippen LogP contribution >= 0.6 is 47.8 Å². The lowest BCUT2D eigenvalue weighted by atomic mass is 10.1. The predicted octanol–water partition coefficient (Wildman–Crippen LogP) is 5.06. The van der Waals surface area contributed by atoms with Crippen molar-refractivity contribution in [1.29, 1.82) is 0 Å². The van der Waals surface area contributed by atoms with Gasteiger partial charge in [0.05, 0.1) is 0 Å². The summed E-state index contributed by atoms with van der Waals surface area (Å²) < 4.78 is 2.35. The molecule has 0 bridgehead atoms. The molecule has 0 heterocycles. The summed E-state index contributed by atoms with van der Waals surface area (Å²) in [5.41, 5.74) is 1.36. The van der Waals surface area contributed by atoms with Gasteiger partial charge >= 0.3 is 0 Å². The molecule has 1 aromatic carbocycles. The summed E-state index contributed by atoms with van der Waals surface area (Å²) in [4.78, 5) is 0.513. The third-order valence-electron chi connectivity index (χ3n) is 2.29. The molecule has 1 aliphatic carbocycles. The van der Waals surface area contributed by atoms with Crippen molar-refractivity contribution in [2.75, 3.05) is 0 Å². The van der Waals surface area contributed by atoms with E-state index in [1.807, 2.05) is 0 Å². The summed E-state index contributed by atoms with van der Waals surface area (Å²) in [5, 5.41) is 0. The summed E-state index contributed by atoms with van der Waals surface area (Å²) in [6.45, 7) is 0. The van der Waals surface area contributed by atoms with Crippen LogP contribution in [0.5, 0.6) is 0 Å². The summed E-state index contributed by atoms with van der Waals surface area (Å²) in [7, 11) is 0. The highest BCUT2D eigenvalue weighted by Gasteiger charge is 2.31. The molecule has 1 aliphatic rings. The first-order valence-corrected chi connectivity index (χ1v) is 6.77. The minimum atomic E-state index is 0.513. The summed E-state index contributed by atoms with van der Waals surface area (Å²) in [6.07, 6.45) is 2.71. The second-order valence-electron chi connectivity index (χ2n) is 3.41. The molecule has 1 saturated carbocycles. The normalized spacial score (nSPS) is 18.7. The zero-order valence-corrected chi connectivity index (χ0v) is 11.7. The zero-order chi connectivity index (χ0) is 9.42. The molecule has 2 rings (SSSR count). The molecule has 1 fully saturated rings. The van der Waals surface area contributed by atoms with Crippen molar-refractivity contribution in [1.82, 2.24) is 0 Å². The second kappa shape index (κ2) is 4.03. The average molecular weight is 369 g/mol. The number of benzene rings is 1. The highest BCUT2D eigenvalue weighted by molar-refractivity contribution is 9.11. The average Bonchev–Trinajstić information content (AvgIpc) is 2.91. The lowest BCUT2D eigenvalue weighted by Gasteiger charge is -2.11. The van der Waals surface area contributed by atoms with Gasteiger partial charge in [0.25, 0.3) is 0 Å². The minimum Gasteiger partial charge on any atom is -0.0835 e. The van der Waals surface area contributed by atoms with Gasteiger partial charge in [0.15, 0.2) is 0 Å². The Morgan fingerprint density at radius 1 is 1.23 bits per heavy atom. The van der Waals surface area contributed by atoms with E-state index in [1.54, 1.807) is 0 Å². The number of hydrogen-bond donors (Lipinski definition) is 0. The van der Waals surface area contributed by atoms with Gasteiger partial charge in [0.1, 0.15) is 0 Å². The smallest absolute Gasteiger partial charge is 0.0435 e. The largest absolute Gasteiger partial charge is 0.0835 e. The van der Waals surface area contributed by atoms with Crippen LogP contribution < -0.4 is 0 Å². The fourth-order valence-electron chi connectivity index (χ4n) is 1.37. The molecule has 0 spiro atoms. The van der Waals surface area contributed by atoms with Gasteiger partial charge in [-0.1, -0.05) is 47.8 Å². The molecule has 0 aliphatic heterocycles. The van der Waals surface area contributed by atoms with Crippen LogP contribution in [0.25, 0.3) is 0 Å². The molecule has 0 radical (unpaired) electrons. The second-order valence-corrected chi connectivity index (χ2v) is 6.16. The molecule has 1 unspecified atom stereocenters. The van der Waals surface area contributed by atoms with Gasteiger partial charge in [0.2, 0.25) is 0 Å². The van der Waals surface area contributed by atoms with E-state index >= 15 is 0 Å². The number of alkyl halides is 1. The minimum absolute atomic E-state index is 0.513. The van der Waals surface area contributed by atoms with Crippen LogP contribution in [-0.4, -0.2) is 0 Å². The molecular weight excluding hydrogens is 360 g/mol. The lowest BCUT2D eigenvalue weighted by Crippen LogP contribution is -1.93. The first kappa shape index (κ1) is 10.2. The molecule has 13 heavy (non-hydrogen) atoms. The molecule has 0 nitrogen and oxygen atoms in total. The van der Waals surface area contributed by atoms with Crippen molar-refractivity contribution < 1.29 is 0 Å². The fraction of sp³-hybridized carbons (Fsp3) is 0.400. The standard InChI is InChI=1S/C10H9Br3/c11-7-3-4-9(12)8(5-7)10(13)6-1-2-6/h3-6,10H,1-2H2. The Morgan fingerprint density at radius 2 is 1.92 bits per heavy atom. The highest BCUT2D eigenvalue weighted by Crippen LogP contribution is 2.48. The van der Waals surface area contributed by atoms with Gasteiger partial charge in [-0.05, 0) is 42.5 Å². The Morgan fingerprint density at radius 3 is 2.54 bits per heavy atom. The van der Waals surface area contributed by atoms with E-state index in [0.29, 0.717) is 4.83 Å². The summed E-state index contributed by atoms with van der Waals surface area (Å²) >= 11 is 10.8. The predicted molar refractivity (Wildman–Crippen MR) is 66.2 cm³/mol. The molecular formula is C10H9Br3. The van der Waals surface area contributed by atoms with Crippen molar-refractivity contribution in [3.63, 3.8) is 0 Å². The Hall–Kier alpha value is 0.660. The molecule has 70 valence electrons. The maximum absolute atomic E-state index is 3.75. The molecule has 3 heteroatoms. The van der Waals surface area contributed by atoms with Crippen LogP contribution in [0.4, 0.5) is 0 Å². The third kappa shape index (κ3) is 2.37. The quantitative estimate of drug-likeness (QED) is 0.640. The summed E-state index contributed by atoms with van der Waals surface area (Å²) in [5.74, 6) is 0.839. The first-order chi connectivity index (χ1) is 6.18. The van der Waals surface area contributed by atoms with Crippen molar-refractivity contribution in [3.8, 4) is 0 Å². The van der Waals surface area contributed by atoms with E-state index in [9.17, 15) is 0 Å². The van der Waals surface area contributed by atoms with Crippen LogP contribution in [0.3, 0.4) is 0 Å². The van der Waals surface area contributed by atoms with Crippen LogP contribution in [0.15, 0.2) is 27.1 Å². The molecule has 1 aromatic rings. The lowest BCUT2D eigenvalue weighted by molar-refractivity contribution is 0.819. The van der Waals surface area contributed by atoms with Crippen molar-refractivity contribution >= 4 is 47.8 Å². The molecule has 0 amide bonds. The van der Waals surface area contributed by atoms with Gasteiger partial charge in [-0.25, -0.2) is 0 Å². The SMILES string of the molecule is Brc1ccc(Br)c(C(Br)C2CC2)c1. The Bertz CT molecular complexity index is 318. The molecule has 0 aromatic heterocycles. The number of halogens is 3. The van der Waals surface area contributed by atoms with Crippen LogP contribution in [0, 0.1) is 5.92 Å². The van der Waals surface area contributed by atoms with Crippen LogP contribution in [-0.2, 0) is 0 Å². The van der Waals surface area contributed by atoms with Gasteiger partial charge in [-0.15, -0.1) is 0 Å². The van der Waals surface area contributed by atoms with Crippen LogP contribution in [0.2, 0.25) is 0 Å². The maximum atomic E-state index is 3.75. The zero-order valence-electron chi connectivity index (χ0n) is 6.93. The number of rotatable bonds is 2. The van der Waals surface area contributed by atoms with Crippen molar-refractivity contribution in [3.05, 3.63) is 32.7 Å². The Labute approximate surface area is 103 Å². The van der Waals surface area contributed by atoms with Crippen molar-refractivity contribution in [2.24, 2.45) is 5.92 Å². The Kier molecular flexibility index (Phi) is 3.16. The maximum Gasteiger partial charge on any atom is 0.0435 e. The van der Waals surface area contributed by atoms with E-state index in [0.717, 1.165) is 10.4 Å². The van der Waals surface area contributed by atoms with Gasteiger partial charge in [-0.3, -0.25) is 0 Å². The van der Waals surface area contributed by atoms with E-state index < -0.39 is 0 Å². The van der Waals surface area contributed by atoms with Crippen LogP contribution in [0.1, 0.15) is 23.2 Å². The van der Waals surface area contributed by atoms with E-state index in [1.165, 1.54) is 22.9 Å². The monoisotopic (exact) mass is 366 g/mol. The van der Waals surface area contributed by atoms with E-state index in [2.05, 4.69) is 66.0 Å². The van der Waals surface area contributed by atoms with Gasteiger partial charge in [0, 0.05) is 13.8 Å². The summed E-state index contributed by atoms with van der Waals surface area (Å²) in [6, 6.07) is 6.33. The molecule has 0 N–H and O–H groups in total. The number of hydrogen-bond acceptors (Lipinski definition) is 0. The third-order valence-corrected chi connectivity index (χ3v) is 4.75. The molecule has 1 atom stereocenters. The van der Waals surface area contributed by atoms with Gasteiger partial charge < -0.3 is 0 Å². The first-order valence-electron chi connectivity index (χ1n) is 4.27. The van der Waals surface area contributed by atoms with E-state index in [4.69, 9.17) is 0 Å². The van der Waals surface area contributed by atoms with E-state index in [-0.39, 0.29) is 0 Å². The Balaban J connectivity index is 2.31. The van der Waals surface area contributed by atoms with Gasteiger partial charge in [-0.2, -0.15) is 0 Å².